The van der Waals surface area contributed by atoms with E-state index in [9.17, 15) is 4.79 Å². The molecule has 0 aliphatic carbocycles. The molecule has 1 aromatic rings. The summed E-state index contributed by atoms with van der Waals surface area (Å²) in [5.74, 6) is 0.234. The van der Waals surface area contributed by atoms with Crippen molar-refractivity contribution in [2.75, 3.05) is 13.1 Å². The lowest BCUT2D eigenvalue weighted by Crippen LogP contribution is -2.49. The van der Waals surface area contributed by atoms with Crippen LogP contribution in [0.4, 0.5) is 0 Å². The second-order valence-electron chi connectivity index (χ2n) is 5.29. The van der Waals surface area contributed by atoms with E-state index in [0.29, 0.717) is 6.54 Å². The Morgan fingerprint density at radius 2 is 2.05 bits per heavy atom. The van der Waals surface area contributed by atoms with Crippen LogP contribution in [-0.4, -0.2) is 29.9 Å². The Labute approximate surface area is 127 Å². The highest BCUT2D eigenvalue weighted by atomic mass is 35.5. The third-order valence-corrected chi connectivity index (χ3v) is 4.09. The SMILES string of the molecule is CCC(C(=O)N1CCCCC1CN)c1ccccc1.Cl. The predicted octanol–water partition coefficient (Wildman–Crippen LogP) is 2.94. The van der Waals surface area contributed by atoms with E-state index in [4.69, 9.17) is 5.73 Å². The van der Waals surface area contributed by atoms with Gasteiger partial charge in [0.2, 0.25) is 5.91 Å². The van der Waals surface area contributed by atoms with Crippen molar-refractivity contribution in [2.24, 2.45) is 5.73 Å². The number of likely N-dealkylation sites (tertiary alicyclic amines) is 1. The zero-order chi connectivity index (χ0) is 13.7. The average Bonchev–Trinajstić information content (AvgIpc) is 2.49. The van der Waals surface area contributed by atoms with Gasteiger partial charge in [-0.05, 0) is 31.2 Å². The first kappa shape index (κ1) is 17.0. The maximum Gasteiger partial charge on any atom is 0.230 e. The molecule has 2 N–H and O–H groups in total. The predicted molar refractivity (Wildman–Crippen MR) is 85.1 cm³/mol. The second kappa shape index (κ2) is 8.28. The van der Waals surface area contributed by atoms with E-state index in [1.807, 2.05) is 35.2 Å². The standard InChI is InChI=1S/C16H24N2O.ClH/c1-2-15(13-8-4-3-5-9-13)16(19)18-11-7-6-10-14(18)12-17;/h3-5,8-9,14-15H,2,6-7,10-12,17H2,1H3;1H. The lowest BCUT2D eigenvalue weighted by molar-refractivity contribution is -0.136. The topological polar surface area (TPSA) is 46.3 Å². The second-order valence-corrected chi connectivity index (χ2v) is 5.29. The fourth-order valence-electron chi connectivity index (χ4n) is 2.97. The number of benzene rings is 1. The summed E-state index contributed by atoms with van der Waals surface area (Å²) in [6, 6.07) is 10.3. The molecule has 1 aliphatic heterocycles. The largest absolute Gasteiger partial charge is 0.338 e. The molecule has 2 atom stereocenters. The van der Waals surface area contributed by atoms with Crippen LogP contribution in [0.15, 0.2) is 30.3 Å². The Bertz CT molecular complexity index is 410. The molecule has 1 heterocycles. The van der Waals surface area contributed by atoms with Gasteiger partial charge in [0, 0.05) is 19.1 Å². The van der Waals surface area contributed by atoms with Gasteiger partial charge in [-0.2, -0.15) is 0 Å². The summed E-state index contributed by atoms with van der Waals surface area (Å²) in [7, 11) is 0. The first-order chi connectivity index (χ1) is 9.27. The van der Waals surface area contributed by atoms with Crippen molar-refractivity contribution in [1.82, 2.24) is 4.90 Å². The summed E-state index contributed by atoms with van der Waals surface area (Å²) < 4.78 is 0. The molecular weight excluding hydrogens is 272 g/mol. The van der Waals surface area contributed by atoms with E-state index in [1.165, 1.54) is 6.42 Å². The number of amides is 1. The number of nitrogens with two attached hydrogens (primary N) is 1. The molecule has 1 aliphatic rings. The van der Waals surface area contributed by atoms with Crippen LogP contribution in [0.3, 0.4) is 0 Å². The third-order valence-electron chi connectivity index (χ3n) is 4.09. The van der Waals surface area contributed by atoms with Gasteiger partial charge in [-0.25, -0.2) is 0 Å². The van der Waals surface area contributed by atoms with Crippen LogP contribution in [0.5, 0.6) is 0 Å². The Morgan fingerprint density at radius 3 is 2.65 bits per heavy atom. The van der Waals surface area contributed by atoms with Crippen LogP contribution >= 0.6 is 12.4 Å². The van der Waals surface area contributed by atoms with E-state index < -0.39 is 0 Å². The van der Waals surface area contributed by atoms with Crippen LogP contribution in [-0.2, 0) is 4.79 Å². The van der Waals surface area contributed by atoms with Gasteiger partial charge < -0.3 is 10.6 Å². The number of hydrogen-bond donors (Lipinski definition) is 1. The quantitative estimate of drug-likeness (QED) is 0.928. The van der Waals surface area contributed by atoms with E-state index in [2.05, 4.69) is 6.92 Å². The van der Waals surface area contributed by atoms with Crippen LogP contribution in [0, 0.1) is 0 Å². The molecule has 1 amide bonds. The molecular formula is C16H25ClN2O. The number of carbonyl (C=O) groups is 1. The fourth-order valence-corrected chi connectivity index (χ4v) is 2.97. The number of halogens is 1. The monoisotopic (exact) mass is 296 g/mol. The number of hydrogen-bond acceptors (Lipinski definition) is 2. The van der Waals surface area contributed by atoms with Crippen molar-refractivity contribution in [2.45, 2.75) is 44.6 Å². The van der Waals surface area contributed by atoms with Gasteiger partial charge >= 0.3 is 0 Å². The molecule has 1 saturated heterocycles. The van der Waals surface area contributed by atoms with Gasteiger partial charge in [0.05, 0.1) is 5.92 Å². The molecule has 0 saturated carbocycles. The van der Waals surface area contributed by atoms with Gasteiger partial charge in [0.1, 0.15) is 0 Å². The number of carbonyl (C=O) groups excluding carboxylic acids is 1. The van der Waals surface area contributed by atoms with Crippen LogP contribution < -0.4 is 5.73 Å². The van der Waals surface area contributed by atoms with E-state index in [-0.39, 0.29) is 30.3 Å². The van der Waals surface area contributed by atoms with Gasteiger partial charge in [-0.15, -0.1) is 12.4 Å². The van der Waals surface area contributed by atoms with Crippen molar-refractivity contribution < 1.29 is 4.79 Å². The van der Waals surface area contributed by atoms with Gasteiger partial charge in [0.25, 0.3) is 0 Å². The van der Waals surface area contributed by atoms with Gasteiger partial charge in [-0.3, -0.25) is 4.79 Å². The Kier molecular flexibility index (Phi) is 7.03. The maximum atomic E-state index is 12.8. The molecule has 4 heteroatoms. The summed E-state index contributed by atoms with van der Waals surface area (Å²) in [5, 5.41) is 0. The third kappa shape index (κ3) is 3.74. The Morgan fingerprint density at radius 1 is 1.35 bits per heavy atom. The summed E-state index contributed by atoms with van der Waals surface area (Å²) >= 11 is 0. The first-order valence-corrected chi connectivity index (χ1v) is 7.33. The summed E-state index contributed by atoms with van der Waals surface area (Å²) in [5.41, 5.74) is 6.94. The smallest absolute Gasteiger partial charge is 0.230 e. The van der Waals surface area contributed by atoms with Crippen molar-refractivity contribution in [3.05, 3.63) is 35.9 Å². The number of rotatable bonds is 4. The zero-order valence-corrected chi connectivity index (χ0v) is 12.9. The van der Waals surface area contributed by atoms with Crippen molar-refractivity contribution in [1.29, 1.82) is 0 Å². The van der Waals surface area contributed by atoms with Crippen LogP contribution in [0.1, 0.15) is 44.1 Å². The van der Waals surface area contributed by atoms with E-state index in [1.54, 1.807) is 0 Å². The van der Waals surface area contributed by atoms with Crippen molar-refractivity contribution >= 4 is 18.3 Å². The molecule has 1 aromatic carbocycles. The van der Waals surface area contributed by atoms with E-state index in [0.717, 1.165) is 31.4 Å². The molecule has 0 radical (unpaired) electrons. The normalized spacial score (nSPS) is 20.1. The van der Waals surface area contributed by atoms with Crippen molar-refractivity contribution in [3.63, 3.8) is 0 Å². The number of piperidine rings is 1. The van der Waals surface area contributed by atoms with Gasteiger partial charge in [0.15, 0.2) is 0 Å². The molecule has 3 nitrogen and oxygen atoms in total. The first-order valence-electron chi connectivity index (χ1n) is 7.33. The highest BCUT2D eigenvalue weighted by Crippen LogP contribution is 2.26. The maximum absolute atomic E-state index is 12.8. The summed E-state index contributed by atoms with van der Waals surface area (Å²) in [4.78, 5) is 14.8. The molecule has 0 bridgehead atoms. The summed E-state index contributed by atoms with van der Waals surface area (Å²) in [6.45, 7) is 3.53. The van der Waals surface area contributed by atoms with Crippen LogP contribution in [0.25, 0.3) is 0 Å². The average molecular weight is 297 g/mol. The minimum Gasteiger partial charge on any atom is -0.338 e. The minimum atomic E-state index is -0.0200. The Balaban J connectivity index is 0.00000200. The van der Waals surface area contributed by atoms with Gasteiger partial charge in [-0.1, -0.05) is 37.3 Å². The fraction of sp³-hybridized carbons (Fsp3) is 0.562. The lowest BCUT2D eigenvalue weighted by Gasteiger charge is -2.37. The molecule has 2 unspecified atom stereocenters. The highest BCUT2D eigenvalue weighted by molar-refractivity contribution is 5.85. The lowest BCUT2D eigenvalue weighted by atomic mass is 9.92. The molecule has 20 heavy (non-hydrogen) atoms. The van der Waals surface area contributed by atoms with E-state index >= 15 is 0 Å². The molecule has 1 fully saturated rings. The zero-order valence-electron chi connectivity index (χ0n) is 12.1. The molecule has 2 rings (SSSR count). The molecule has 112 valence electrons. The minimum absolute atomic E-state index is 0. The molecule has 0 aromatic heterocycles. The molecule has 0 spiro atoms. The van der Waals surface area contributed by atoms with Crippen LogP contribution in [0.2, 0.25) is 0 Å². The number of nitrogens with zero attached hydrogens (tertiary/aromatic N) is 1. The van der Waals surface area contributed by atoms with Crippen molar-refractivity contribution in [3.8, 4) is 0 Å². The highest BCUT2D eigenvalue weighted by Gasteiger charge is 2.30. The summed E-state index contributed by atoms with van der Waals surface area (Å²) in [6.07, 6.45) is 4.19. The Hall–Kier alpha value is -1.06.